The fraction of sp³-hybridized carbons (Fsp3) is 0.917. The van der Waals surface area contributed by atoms with Crippen LogP contribution in [0.15, 0.2) is 0 Å². The third-order valence-electron chi connectivity index (χ3n) is 4.08. The Morgan fingerprint density at radius 3 is 1.18 bits per heavy atom. The number of hydrogen-bond acceptors (Lipinski definition) is 8. The molecule has 0 spiro atoms. The van der Waals surface area contributed by atoms with Crippen molar-refractivity contribution in [2.24, 2.45) is 11.8 Å². The fourth-order valence-electron chi connectivity index (χ4n) is 2.71. The number of carbonyl (C=O) groups is 2. The van der Waals surface area contributed by atoms with Crippen molar-refractivity contribution in [3.8, 4) is 0 Å². The Labute approximate surface area is 205 Å². The van der Waals surface area contributed by atoms with Crippen molar-refractivity contribution in [2.45, 2.75) is 105 Å². The molecule has 2 amide bonds. The first kappa shape index (κ1) is 32.4. The van der Waals surface area contributed by atoms with Crippen LogP contribution in [0.3, 0.4) is 0 Å². The summed E-state index contributed by atoms with van der Waals surface area (Å²) in [6.07, 6.45) is -4.52. The van der Waals surface area contributed by atoms with E-state index in [-0.39, 0.29) is 25.0 Å². The first-order valence-corrected chi connectivity index (χ1v) is 11.9. The van der Waals surface area contributed by atoms with Crippen LogP contribution >= 0.6 is 0 Å². The lowest BCUT2D eigenvalue weighted by Gasteiger charge is -2.33. The Balaban J connectivity index is 5.53. The van der Waals surface area contributed by atoms with E-state index in [1.807, 2.05) is 27.7 Å². The minimum absolute atomic E-state index is 0.0678. The number of amides is 2. The van der Waals surface area contributed by atoms with Gasteiger partial charge in [0.25, 0.3) is 0 Å². The molecule has 0 rings (SSSR count). The highest BCUT2D eigenvalue weighted by Crippen LogP contribution is 2.13. The molecule has 0 unspecified atom stereocenters. The van der Waals surface area contributed by atoms with E-state index in [1.54, 1.807) is 41.5 Å². The van der Waals surface area contributed by atoms with Gasteiger partial charge in [-0.3, -0.25) is 0 Å². The first-order chi connectivity index (χ1) is 15.4. The lowest BCUT2D eigenvalue weighted by molar-refractivity contribution is -0.0617. The predicted octanol–water partition coefficient (Wildman–Crippen LogP) is 2.84. The summed E-state index contributed by atoms with van der Waals surface area (Å²) in [6.45, 7) is 18.8. The molecule has 0 aliphatic carbocycles. The first-order valence-electron chi connectivity index (χ1n) is 11.9. The standard InChI is InChI=1S/C24H48N2O8/c1-15(2)11-31-13-17(25-21(29)33-23(5,6)7)19(27)20(28)18(14-32-12-16(3)4)26-22(30)34-24(8,9)10/h15-20,27-28H,11-14H2,1-10H3,(H,25,29)(H,26,30)/t17-,18-,19+,20+/m0/s1. The van der Waals surface area contributed by atoms with Gasteiger partial charge in [-0.2, -0.15) is 0 Å². The summed E-state index contributed by atoms with van der Waals surface area (Å²) in [5.74, 6) is 0.463. The van der Waals surface area contributed by atoms with Crippen LogP contribution in [0, 0.1) is 11.8 Å². The Morgan fingerprint density at radius 1 is 0.647 bits per heavy atom. The molecule has 0 saturated carbocycles. The quantitative estimate of drug-likeness (QED) is 0.308. The van der Waals surface area contributed by atoms with E-state index in [4.69, 9.17) is 18.9 Å². The summed E-state index contributed by atoms with van der Waals surface area (Å²) in [5.41, 5.74) is -1.50. The molecule has 0 aromatic heterocycles. The van der Waals surface area contributed by atoms with Gasteiger partial charge in [0, 0.05) is 13.2 Å². The molecule has 10 heteroatoms. The smallest absolute Gasteiger partial charge is 0.408 e. The largest absolute Gasteiger partial charge is 0.444 e. The minimum Gasteiger partial charge on any atom is -0.444 e. The van der Waals surface area contributed by atoms with E-state index < -0.39 is 47.7 Å². The van der Waals surface area contributed by atoms with Gasteiger partial charge in [-0.05, 0) is 53.4 Å². The maximum atomic E-state index is 12.3. The van der Waals surface area contributed by atoms with Gasteiger partial charge in [-0.25, -0.2) is 9.59 Å². The van der Waals surface area contributed by atoms with E-state index in [0.29, 0.717) is 13.2 Å². The molecule has 0 heterocycles. The van der Waals surface area contributed by atoms with Crippen molar-refractivity contribution in [3.63, 3.8) is 0 Å². The van der Waals surface area contributed by atoms with Crippen molar-refractivity contribution < 1.29 is 38.7 Å². The Hall–Kier alpha value is -1.62. The summed E-state index contributed by atoms with van der Waals surface area (Å²) in [6, 6.07) is -2.01. The van der Waals surface area contributed by atoms with Crippen LogP contribution in [0.4, 0.5) is 9.59 Å². The van der Waals surface area contributed by atoms with Crippen LogP contribution in [0.1, 0.15) is 69.2 Å². The summed E-state index contributed by atoms with van der Waals surface area (Å²) < 4.78 is 21.8. The van der Waals surface area contributed by atoms with Crippen LogP contribution in [0.2, 0.25) is 0 Å². The van der Waals surface area contributed by atoms with Crippen molar-refractivity contribution >= 4 is 12.2 Å². The van der Waals surface area contributed by atoms with E-state index in [0.717, 1.165) is 0 Å². The van der Waals surface area contributed by atoms with Gasteiger partial charge in [0.15, 0.2) is 0 Å². The molecule has 0 aliphatic heterocycles. The van der Waals surface area contributed by atoms with Gasteiger partial charge < -0.3 is 39.8 Å². The highest BCUT2D eigenvalue weighted by molar-refractivity contribution is 5.68. The second kappa shape index (κ2) is 14.7. The summed E-state index contributed by atoms with van der Waals surface area (Å²) in [5, 5.41) is 27.1. The molecule has 202 valence electrons. The van der Waals surface area contributed by atoms with E-state index in [2.05, 4.69) is 10.6 Å². The molecule has 34 heavy (non-hydrogen) atoms. The number of alkyl carbamates (subject to hydrolysis) is 2. The number of carbonyl (C=O) groups excluding carboxylic acids is 2. The fourth-order valence-corrected chi connectivity index (χ4v) is 2.71. The number of hydrogen-bond donors (Lipinski definition) is 4. The van der Waals surface area contributed by atoms with Crippen LogP contribution < -0.4 is 10.6 Å². The van der Waals surface area contributed by atoms with Crippen LogP contribution in [0.5, 0.6) is 0 Å². The number of nitrogens with one attached hydrogen (secondary N) is 2. The molecule has 0 fully saturated rings. The Bertz CT molecular complexity index is 547. The molecular weight excluding hydrogens is 444 g/mol. The summed E-state index contributed by atoms with van der Waals surface area (Å²) in [4.78, 5) is 24.7. The van der Waals surface area contributed by atoms with Crippen molar-refractivity contribution in [1.82, 2.24) is 10.6 Å². The molecule has 0 saturated heterocycles. The maximum absolute atomic E-state index is 12.3. The topological polar surface area (TPSA) is 136 Å². The number of rotatable bonds is 13. The van der Waals surface area contributed by atoms with Gasteiger partial charge in [0.1, 0.15) is 23.4 Å². The third kappa shape index (κ3) is 16.1. The highest BCUT2D eigenvalue weighted by atomic mass is 16.6. The molecule has 0 aromatic carbocycles. The predicted molar refractivity (Wildman–Crippen MR) is 130 cm³/mol. The van der Waals surface area contributed by atoms with E-state index in [1.165, 1.54) is 0 Å². The lowest BCUT2D eigenvalue weighted by Crippen LogP contribution is -2.59. The van der Waals surface area contributed by atoms with Crippen LogP contribution in [-0.4, -0.2) is 84.3 Å². The molecule has 4 atom stereocenters. The third-order valence-corrected chi connectivity index (χ3v) is 4.08. The normalized spacial score (nSPS) is 16.1. The highest BCUT2D eigenvalue weighted by Gasteiger charge is 2.36. The molecule has 10 nitrogen and oxygen atoms in total. The zero-order valence-electron chi connectivity index (χ0n) is 22.6. The van der Waals surface area contributed by atoms with Crippen molar-refractivity contribution in [2.75, 3.05) is 26.4 Å². The zero-order valence-corrected chi connectivity index (χ0v) is 22.6. The summed E-state index contributed by atoms with van der Waals surface area (Å²) >= 11 is 0. The number of ether oxygens (including phenoxy) is 4. The van der Waals surface area contributed by atoms with Gasteiger partial charge in [-0.1, -0.05) is 27.7 Å². The van der Waals surface area contributed by atoms with Crippen LogP contribution in [0.25, 0.3) is 0 Å². The number of aliphatic hydroxyl groups excluding tert-OH is 2. The monoisotopic (exact) mass is 492 g/mol. The second-order valence-electron chi connectivity index (χ2n) is 11.3. The lowest BCUT2D eigenvalue weighted by atomic mass is 9.99. The molecule has 0 aromatic rings. The zero-order chi connectivity index (χ0) is 26.7. The minimum atomic E-state index is -1.50. The SMILES string of the molecule is CC(C)COC[C@H](NC(=O)OC(C)(C)C)[C@@H](O)[C@H](O)[C@H](COCC(C)C)NC(=O)OC(C)(C)C. The van der Waals surface area contributed by atoms with Crippen molar-refractivity contribution in [3.05, 3.63) is 0 Å². The van der Waals surface area contributed by atoms with E-state index >= 15 is 0 Å². The average Bonchev–Trinajstić information content (AvgIpc) is 2.61. The van der Waals surface area contributed by atoms with E-state index in [9.17, 15) is 19.8 Å². The number of aliphatic hydroxyl groups is 2. The van der Waals surface area contributed by atoms with Gasteiger partial charge in [0.05, 0.1) is 25.3 Å². The average molecular weight is 493 g/mol. The van der Waals surface area contributed by atoms with Gasteiger partial charge in [0.2, 0.25) is 0 Å². The van der Waals surface area contributed by atoms with Gasteiger partial charge in [-0.15, -0.1) is 0 Å². The molecule has 0 aliphatic rings. The molecule has 4 N–H and O–H groups in total. The van der Waals surface area contributed by atoms with Crippen LogP contribution in [-0.2, 0) is 18.9 Å². The molecular formula is C24H48N2O8. The maximum Gasteiger partial charge on any atom is 0.408 e. The Morgan fingerprint density at radius 2 is 0.941 bits per heavy atom. The molecule has 0 radical (unpaired) electrons. The molecule has 0 bridgehead atoms. The summed E-state index contributed by atoms with van der Waals surface area (Å²) in [7, 11) is 0. The van der Waals surface area contributed by atoms with Gasteiger partial charge >= 0.3 is 12.2 Å². The second-order valence-corrected chi connectivity index (χ2v) is 11.3. The van der Waals surface area contributed by atoms with Crippen molar-refractivity contribution in [1.29, 1.82) is 0 Å². The Kier molecular flexibility index (Phi) is 14.0.